The molecule has 0 aliphatic heterocycles. The zero-order chi connectivity index (χ0) is 14.5. The third kappa shape index (κ3) is 4.08. The van der Waals surface area contributed by atoms with Gasteiger partial charge >= 0.3 is 11.7 Å². The molecule has 1 aromatic rings. The van der Waals surface area contributed by atoms with Crippen molar-refractivity contribution in [3.8, 4) is 5.75 Å². The summed E-state index contributed by atoms with van der Waals surface area (Å²) < 4.78 is 5.45. The zero-order valence-corrected chi connectivity index (χ0v) is 10.8. The lowest BCUT2D eigenvalue weighted by Crippen LogP contribution is -2.01. The van der Waals surface area contributed by atoms with Crippen molar-refractivity contribution in [1.82, 2.24) is 0 Å². The molecule has 6 nitrogen and oxygen atoms in total. The minimum Gasteiger partial charge on any atom is -0.487 e. The van der Waals surface area contributed by atoms with E-state index < -0.39 is 10.9 Å². The van der Waals surface area contributed by atoms with Gasteiger partial charge in [-0.15, -0.1) is 0 Å². The van der Waals surface area contributed by atoms with Crippen molar-refractivity contribution in [3.63, 3.8) is 0 Å². The van der Waals surface area contributed by atoms with Gasteiger partial charge < -0.3 is 9.84 Å². The minimum absolute atomic E-state index is 0.145. The molecule has 0 radical (unpaired) electrons. The molecule has 1 saturated carbocycles. The Morgan fingerprint density at radius 1 is 1.50 bits per heavy atom. The third-order valence-corrected chi connectivity index (χ3v) is 3.08. The minimum atomic E-state index is -1.10. The fourth-order valence-electron chi connectivity index (χ4n) is 1.81. The van der Waals surface area contributed by atoms with Crippen LogP contribution in [0, 0.1) is 16.0 Å². The first kappa shape index (κ1) is 14.0. The van der Waals surface area contributed by atoms with E-state index in [2.05, 4.69) is 0 Å². The van der Waals surface area contributed by atoms with Crippen LogP contribution < -0.4 is 4.74 Å². The highest BCUT2D eigenvalue weighted by Gasteiger charge is 2.22. The molecule has 1 N–H and O–H groups in total. The Morgan fingerprint density at radius 2 is 2.25 bits per heavy atom. The SMILES string of the molecule is O=C(O)C=Cc1ccc(OCCC2CC2)c([N+](=O)[O-])c1. The number of rotatable bonds is 7. The number of carbonyl (C=O) groups is 1. The van der Waals surface area contributed by atoms with Gasteiger partial charge in [-0.05, 0) is 30.0 Å². The van der Waals surface area contributed by atoms with Gasteiger partial charge in [0.1, 0.15) is 0 Å². The maximum atomic E-state index is 11.0. The van der Waals surface area contributed by atoms with E-state index in [4.69, 9.17) is 9.84 Å². The van der Waals surface area contributed by atoms with Crippen LogP contribution in [0.25, 0.3) is 6.08 Å². The standard InChI is InChI=1S/C14H15NO5/c16-14(17)6-4-11-3-5-13(12(9-11)15(18)19)20-8-7-10-1-2-10/h3-6,9-10H,1-2,7-8H2,(H,16,17). The molecule has 0 spiro atoms. The molecule has 0 unspecified atom stereocenters. The van der Waals surface area contributed by atoms with Crippen molar-refractivity contribution in [2.45, 2.75) is 19.3 Å². The highest BCUT2D eigenvalue weighted by Crippen LogP contribution is 2.33. The van der Waals surface area contributed by atoms with Crippen molar-refractivity contribution in [3.05, 3.63) is 40.0 Å². The normalized spacial score (nSPS) is 14.4. The molecule has 0 bridgehead atoms. The van der Waals surface area contributed by atoms with Crippen LogP contribution >= 0.6 is 0 Å². The van der Waals surface area contributed by atoms with Gasteiger partial charge in [0, 0.05) is 12.1 Å². The van der Waals surface area contributed by atoms with E-state index in [-0.39, 0.29) is 11.4 Å². The molecule has 1 aromatic carbocycles. The summed E-state index contributed by atoms with van der Waals surface area (Å²) in [4.78, 5) is 20.9. The summed E-state index contributed by atoms with van der Waals surface area (Å²) in [6.07, 6.45) is 5.59. The van der Waals surface area contributed by atoms with Gasteiger partial charge in [-0.1, -0.05) is 18.9 Å². The largest absolute Gasteiger partial charge is 0.487 e. The summed E-state index contributed by atoms with van der Waals surface area (Å²) in [6, 6.07) is 4.41. The summed E-state index contributed by atoms with van der Waals surface area (Å²) in [5, 5.41) is 19.5. The van der Waals surface area contributed by atoms with Gasteiger partial charge in [-0.3, -0.25) is 10.1 Å². The van der Waals surface area contributed by atoms with Crippen LogP contribution in [0.2, 0.25) is 0 Å². The summed E-state index contributed by atoms with van der Waals surface area (Å²) >= 11 is 0. The maximum absolute atomic E-state index is 11.0. The second kappa shape index (κ2) is 6.18. The molecule has 0 atom stereocenters. The van der Waals surface area contributed by atoms with Gasteiger partial charge in [-0.25, -0.2) is 4.79 Å². The van der Waals surface area contributed by atoms with Crippen LogP contribution in [0.15, 0.2) is 24.3 Å². The van der Waals surface area contributed by atoms with Gasteiger partial charge in [0.25, 0.3) is 0 Å². The zero-order valence-electron chi connectivity index (χ0n) is 10.8. The van der Waals surface area contributed by atoms with Crippen molar-refractivity contribution >= 4 is 17.7 Å². The van der Waals surface area contributed by atoms with E-state index in [0.717, 1.165) is 12.5 Å². The number of hydrogen-bond acceptors (Lipinski definition) is 4. The van der Waals surface area contributed by atoms with Crippen molar-refractivity contribution < 1.29 is 19.6 Å². The quantitative estimate of drug-likeness (QED) is 0.470. The maximum Gasteiger partial charge on any atom is 0.328 e. The lowest BCUT2D eigenvalue weighted by atomic mass is 10.1. The first-order chi connectivity index (χ1) is 9.56. The van der Waals surface area contributed by atoms with E-state index in [0.29, 0.717) is 18.1 Å². The van der Waals surface area contributed by atoms with Crippen LogP contribution in [0.3, 0.4) is 0 Å². The highest BCUT2D eigenvalue weighted by molar-refractivity contribution is 5.85. The van der Waals surface area contributed by atoms with Crippen LogP contribution in [0.5, 0.6) is 5.75 Å². The van der Waals surface area contributed by atoms with Crippen LogP contribution in [-0.2, 0) is 4.79 Å². The van der Waals surface area contributed by atoms with E-state index in [1.165, 1.54) is 31.1 Å². The summed E-state index contributed by atoms with van der Waals surface area (Å²) in [7, 11) is 0. The number of nitro benzene ring substituents is 1. The molecular formula is C14H15NO5. The van der Waals surface area contributed by atoms with E-state index in [1.807, 2.05) is 0 Å². The summed E-state index contributed by atoms with van der Waals surface area (Å²) in [6.45, 7) is 0.468. The van der Waals surface area contributed by atoms with Crippen molar-refractivity contribution in [1.29, 1.82) is 0 Å². The fraction of sp³-hybridized carbons (Fsp3) is 0.357. The monoisotopic (exact) mass is 277 g/mol. The molecule has 0 heterocycles. The van der Waals surface area contributed by atoms with E-state index in [1.54, 1.807) is 6.07 Å². The Balaban J connectivity index is 2.09. The van der Waals surface area contributed by atoms with Gasteiger partial charge in [-0.2, -0.15) is 0 Å². The van der Waals surface area contributed by atoms with Gasteiger partial charge in [0.15, 0.2) is 5.75 Å². The molecule has 0 aromatic heterocycles. The van der Waals surface area contributed by atoms with Crippen molar-refractivity contribution in [2.24, 2.45) is 5.92 Å². The number of nitrogens with zero attached hydrogens (tertiary/aromatic N) is 1. The molecule has 1 aliphatic carbocycles. The number of carboxylic acids is 1. The number of ether oxygens (including phenoxy) is 1. The van der Waals surface area contributed by atoms with Crippen molar-refractivity contribution in [2.75, 3.05) is 6.61 Å². The second-order valence-electron chi connectivity index (χ2n) is 4.74. The van der Waals surface area contributed by atoms with Crippen LogP contribution in [-0.4, -0.2) is 22.6 Å². The highest BCUT2D eigenvalue weighted by atomic mass is 16.6. The molecule has 106 valence electrons. The number of carboxylic acid groups (broad SMARTS) is 1. The second-order valence-corrected chi connectivity index (χ2v) is 4.74. The molecule has 2 rings (SSSR count). The summed E-state index contributed by atoms with van der Waals surface area (Å²) in [5.41, 5.74) is 0.307. The first-order valence-corrected chi connectivity index (χ1v) is 6.38. The lowest BCUT2D eigenvalue weighted by Gasteiger charge is -2.06. The summed E-state index contributed by atoms with van der Waals surface area (Å²) in [5.74, 6) is -0.174. The Bertz CT molecular complexity index is 548. The molecule has 6 heteroatoms. The predicted molar refractivity (Wildman–Crippen MR) is 72.6 cm³/mol. The molecule has 1 aliphatic rings. The average molecular weight is 277 g/mol. The fourth-order valence-corrected chi connectivity index (χ4v) is 1.81. The number of aliphatic carboxylic acids is 1. The third-order valence-electron chi connectivity index (χ3n) is 3.08. The average Bonchev–Trinajstić information content (AvgIpc) is 3.21. The smallest absolute Gasteiger partial charge is 0.328 e. The molecule has 0 saturated heterocycles. The Kier molecular flexibility index (Phi) is 4.34. The number of hydrogen-bond donors (Lipinski definition) is 1. The Labute approximate surface area is 115 Å². The molecule has 0 amide bonds. The van der Waals surface area contributed by atoms with Gasteiger partial charge in [0.2, 0.25) is 0 Å². The van der Waals surface area contributed by atoms with Gasteiger partial charge in [0.05, 0.1) is 11.5 Å². The predicted octanol–water partition coefficient (Wildman–Crippen LogP) is 2.87. The van der Waals surface area contributed by atoms with E-state index in [9.17, 15) is 14.9 Å². The Hall–Kier alpha value is -2.37. The number of nitro groups is 1. The van der Waals surface area contributed by atoms with Crippen LogP contribution in [0.1, 0.15) is 24.8 Å². The number of benzene rings is 1. The first-order valence-electron chi connectivity index (χ1n) is 6.38. The Morgan fingerprint density at radius 3 is 2.85 bits per heavy atom. The lowest BCUT2D eigenvalue weighted by molar-refractivity contribution is -0.385. The van der Waals surface area contributed by atoms with E-state index >= 15 is 0 Å². The molecular weight excluding hydrogens is 262 g/mol. The van der Waals surface area contributed by atoms with Crippen LogP contribution in [0.4, 0.5) is 5.69 Å². The molecule has 1 fully saturated rings. The molecule has 20 heavy (non-hydrogen) atoms. The topological polar surface area (TPSA) is 89.7 Å².